The highest BCUT2D eigenvalue weighted by Crippen LogP contribution is 2.31. The van der Waals surface area contributed by atoms with Crippen molar-refractivity contribution in [2.24, 2.45) is 0 Å². The second-order valence-corrected chi connectivity index (χ2v) is 7.44. The SMILES string of the molecule is CC(OCC1(NCl)CCCCC1)OCC1(NCl)CCCCC1. The van der Waals surface area contributed by atoms with Gasteiger partial charge in [-0.15, -0.1) is 0 Å². The molecule has 6 heteroatoms. The highest BCUT2D eigenvalue weighted by molar-refractivity contribution is 6.14. The quantitative estimate of drug-likeness (QED) is 0.505. The van der Waals surface area contributed by atoms with Crippen molar-refractivity contribution in [2.75, 3.05) is 13.2 Å². The van der Waals surface area contributed by atoms with Gasteiger partial charge >= 0.3 is 0 Å². The number of halogens is 2. The van der Waals surface area contributed by atoms with Gasteiger partial charge in [0, 0.05) is 0 Å². The van der Waals surface area contributed by atoms with E-state index in [4.69, 9.17) is 33.0 Å². The molecule has 0 bridgehead atoms. The zero-order valence-corrected chi connectivity index (χ0v) is 15.1. The lowest BCUT2D eigenvalue weighted by Gasteiger charge is -2.38. The Balaban J connectivity index is 1.73. The van der Waals surface area contributed by atoms with Gasteiger partial charge in [0.1, 0.15) is 0 Å². The van der Waals surface area contributed by atoms with E-state index in [1.54, 1.807) is 0 Å². The van der Waals surface area contributed by atoms with Gasteiger partial charge in [0.15, 0.2) is 6.29 Å². The molecule has 2 N–H and O–H groups in total. The molecule has 0 radical (unpaired) electrons. The van der Waals surface area contributed by atoms with E-state index < -0.39 is 0 Å². The average Bonchev–Trinajstić information content (AvgIpc) is 2.60. The van der Waals surface area contributed by atoms with Crippen molar-refractivity contribution in [2.45, 2.75) is 88.5 Å². The van der Waals surface area contributed by atoms with Crippen LogP contribution in [0.15, 0.2) is 0 Å². The van der Waals surface area contributed by atoms with Crippen LogP contribution < -0.4 is 9.67 Å². The Morgan fingerprint density at radius 1 is 0.773 bits per heavy atom. The molecule has 0 amide bonds. The Morgan fingerprint density at radius 2 is 1.14 bits per heavy atom. The van der Waals surface area contributed by atoms with Crippen molar-refractivity contribution >= 4 is 23.6 Å². The monoisotopic (exact) mass is 352 g/mol. The summed E-state index contributed by atoms with van der Waals surface area (Å²) in [5.41, 5.74) is -0.185. The van der Waals surface area contributed by atoms with Crippen LogP contribution in [0.5, 0.6) is 0 Å². The maximum Gasteiger partial charge on any atom is 0.154 e. The van der Waals surface area contributed by atoms with Crippen molar-refractivity contribution in [3.8, 4) is 0 Å². The van der Waals surface area contributed by atoms with E-state index in [1.165, 1.54) is 38.5 Å². The predicted molar refractivity (Wildman–Crippen MR) is 91.0 cm³/mol. The highest BCUT2D eigenvalue weighted by atomic mass is 35.5. The molecule has 0 atom stereocenters. The van der Waals surface area contributed by atoms with Crippen LogP contribution in [-0.2, 0) is 9.47 Å². The number of rotatable bonds is 8. The van der Waals surface area contributed by atoms with E-state index in [0.717, 1.165) is 25.7 Å². The first-order valence-corrected chi connectivity index (χ1v) is 9.38. The molecule has 0 aromatic heterocycles. The van der Waals surface area contributed by atoms with Gasteiger partial charge in [-0.25, -0.2) is 9.67 Å². The summed E-state index contributed by atoms with van der Waals surface area (Å²) >= 11 is 11.9. The molecule has 0 heterocycles. The molecule has 130 valence electrons. The van der Waals surface area contributed by atoms with Crippen LogP contribution in [0.3, 0.4) is 0 Å². The first-order chi connectivity index (χ1) is 10.6. The molecule has 2 rings (SSSR count). The lowest BCUT2D eigenvalue weighted by molar-refractivity contribution is -0.156. The lowest BCUT2D eigenvalue weighted by Crippen LogP contribution is -2.49. The van der Waals surface area contributed by atoms with E-state index in [-0.39, 0.29) is 17.4 Å². The minimum atomic E-state index is -0.243. The molecule has 2 fully saturated rings. The third-order valence-corrected chi connectivity index (χ3v) is 6.01. The van der Waals surface area contributed by atoms with E-state index in [9.17, 15) is 0 Å². The summed E-state index contributed by atoms with van der Waals surface area (Å²) in [7, 11) is 0. The van der Waals surface area contributed by atoms with Crippen LogP contribution >= 0.6 is 23.6 Å². The maximum absolute atomic E-state index is 5.97. The maximum atomic E-state index is 5.97. The summed E-state index contributed by atoms with van der Waals surface area (Å²) < 4.78 is 11.8. The first kappa shape index (κ1) is 18.8. The molecule has 22 heavy (non-hydrogen) atoms. The Hall–Kier alpha value is 0.420. The van der Waals surface area contributed by atoms with Crippen molar-refractivity contribution < 1.29 is 9.47 Å². The Kier molecular flexibility index (Phi) is 7.71. The molecular formula is C16H30Cl2N2O2. The average molecular weight is 353 g/mol. The van der Waals surface area contributed by atoms with Crippen molar-refractivity contribution in [3.05, 3.63) is 0 Å². The van der Waals surface area contributed by atoms with Crippen LogP contribution in [-0.4, -0.2) is 30.6 Å². The standard InChI is InChI=1S/C16H30Cl2N2O2/c1-14(21-12-15(19-17)8-4-2-5-9-15)22-13-16(20-18)10-6-3-7-11-16/h14,19-20H,2-13H2,1H3. The van der Waals surface area contributed by atoms with Gasteiger partial charge in [0.25, 0.3) is 0 Å². The lowest BCUT2D eigenvalue weighted by atomic mass is 9.83. The Bertz CT molecular complexity index is 289. The van der Waals surface area contributed by atoms with E-state index in [0.29, 0.717) is 13.2 Å². The number of nitrogens with one attached hydrogen (secondary N) is 2. The smallest absolute Gasteiger partial charge is 0.154 e. The normalized spacial score (nSPS) is 24.5. The fourth-order valence-corrected chi connectivity index (χ4v) is 4.08. The van der Waals surface area contributed by atoms with Gasteiger partial charge in [0.05, 0.1) is 24.3 Å². The third-order valence-electron chi connectivity index (χ3n) is 5.21. The van der Waals surface area contributed by atoms with Crippen molar-refractivity contribution in [1.82, 2.24) is 9.67 Å². The molecule has 2 saturated carbocycles. The molecule has 0 saturated heterocycles. The highest BCUT2D eigenvalue weighted by Gasteiger charge is 2.34. The fraction of sp³-hybridized carbons (Fsp3) is 1.00. The second kappa shape index (κ2) is 9.05. The van der Waals surface area contributed by atoms with Crippen LogP contribution in [0.4, 0.5) is 0 Å². The summed E-state index contributed by atoms with van der Waals surface area (Å²) in [4.78, 5) is 5.91. The molecule has 2 aliphatic carbocycles. The van der Waals surface area contributed by atoms with Gasteiger partial charge in [-0.2, -0.15) is 0 Å². The zero-order chi connectivity index (χ0) is 15.9. The fourth-order valence-electron chi connectivity index (χ4n) is 3.59. The minimum Gasteiger partial charge on any atom is -0.351 e. The Morgan fingerprint density at radius 3 is 1.45 bits per heavy atom. The predicted octanol–water partition coefficient (Wildman–Crippen LogP) is 4.26. The first-order valence-electron chi connectivity index (χ1n) is 8.63. The van der Waals surface area contributed by atoms with E-state index in [1.807, 2.05) is 6.92 Å². The number of hydrogen-bond acceptors (Lipinski definition) is 4. The summed E-state index contributed by atoms with van der Waals surface area (Å²) in [6.07, 6.45) is 11.4. The summed E-state index contributed by atoms with van der Waals surface area (Å²) in [5, 5.41) is 0. The van der Waals surface area contributed by atoms with Gasteiger partial charge in [0.2, 0.25) is 0 Å². The number of ether oxygens (including phenoxy) is 2. The summed E-state index contributed by atoms with van der Waals surface area (Å²) in [5.74, 6) is 0. The van der Waals surface area contributed by atoms with Gasteiger partial charge in [-0.1, -0.05) is 38.5 Å². The van der Waals surface area contributed by atoms with Gasteiger partial charge in [-0.3, -0.25) is 0 Å². The minimum absolute atomic E-state index is 0.0926. The van der Waals surface area contributed by atoms with E-state index in [2.05, 4.69) is 9.67 Å². The molecule has 0 unspecified atom stereocenters. The van der Waals surface area contributed by atoms with Crippen LogP contribution in [0.2, 0.25) is 0 Å². The largest absolute Gasteiger partial charge is 0.351 e. The summed E-state index contributed by atoms with van der Waals surface area (Å²) in [6, 6.07) is 0. The molecule has 2 aliphatic rings. The van der Waals surface area contributed by atoms with E-state index >= 15 is 0 Å². The molecule has 0 spiro atoms. The van der Waals surface area contributed by atoms with Crippen LogP contribution in [0.25, 0.3) is 0 Å². The topological polar surface area (TPSA) is 42.5 Å². The van der Waals surface area contributed by atoms with Crippen molar-refractivity contribution in [3.63, 3.8) is 0 Å². The van der Waals surface area contributed by atoms with Crippen LogP contribution in [0.1, 0.15) is 71.1 Å². The molecule has 0 aromatic rings. The summed E-state index contributed by atoms with van der Waals surface area (Å²) in [6.45, 7) is 3.15. The third kappa shape index (κ3) is 5.22. The molecular weight excluding hydrogens is 323 g/mol. The molecule has 0 aromatic carbocycles. The van der Waals surface area contributed by atoms with Crippen molar-refractivity contribution in [1.29, 1.82) is 0 Å². The zero-order valence-electron chi connectivity index (χ0n) is 13.6. The molecule has 4 nitrogen and oxygen atoms in total. The van der Waals surface area contributed by atoms with Crippen LogP contribution in [0, 0.1) is 0 Å². The number of hydrogen-bond donors (Lipinski definition) is 2. The second-order valence-electron chi connectivity index (χ2n) is 7.06. The van der Waals surface area contributed by atoms with Gasteiger partial charge < -0.3 is 9.47 Å². The Labute approximate surface area is 144 Å². The molecule has 0 aliphatic heterocycles. The van der Waals surface area contributed by atoms with Gasteiger partial charge in [-0.05, 0) is 56.2 Å².